The monoisotopic (exact) mass is 449 g/mol. The van der Waals surface area contributed by atoms with E-state index in [1.165, 1.54) is 12.1 Å². The van der Waals surface area contributed by atoms with Gasteiger partial charge in [-0.2, -0.15) is 5.26 Å². The lowest BCUT2D eigenvalue weighted by Crippen LogP contribution is -2.43. The average Bonchev–Trinajstić information content (AvgIpc) is 3.38. The van der Waals surface area contributed by atoms with Gasteiger partial charge in [0.2, 0.25) is 5.91 Å². The molecule has 3 rings (SSSR count). The maximum absolute atomic E-state index is 13.3. The Bertz CT molecular complexity index is 893. The van der Waals surface area contributed by atoms with Crippen molar-refractivity contribution in [3.05, 3.63) is 30.1 Å². The molecule has 1 aromatic carbocycles. The van der Waals surface area contributed by atoms with Crippen molar-refractivity contribution in [1.29, 1.82) is 5.26 Å². The number of carbonyl (C=O) groups is 4. The molecule has 0 saturated carbocycles. The summed E-state index contributed by atoms with van der Waals surface area (Å²) in [4.78, 5) is 47.6. The highest BCUT2D eigenvalue weighted by Crippen LogP contribution is 2.20. The number of amides is 3. The van der Waals surface area contributed by atoms with Crippen LogP contribution in [0.5, 0.6) is 0 Å². The van der Waals surface area contributed by atoms with Gasteiger partial charge in [-0.3, -0.25) is 9.69 Å². The standard InChI is InChI=1S/C18H22FN5O2.C2H2O4/c19-14-3-1-4-15(11-14)24-10-9-22(18(24)26)8-6-21-13-17(25)23-7-2-5-16(23)12-20;3-1(4)2(5)6/h1,3-4,11,16,21H,2,5-10,13H2;(H,3,4)(H,5,6)/t16-;/m0./s1. The Morgan fingerprint density at radius 2 is 1.91 bits per heavy atom. The molecule has 2 aliphatic heterocycles. The molecule has 11 nitrogen and oxygen atoms in total. The summed E-state index contributed by atoms with van der Waals surface area (Å²) >= 11 is 0. The quantitative estimate of drug-likeness (QED) is 0.415. The van der Waals surface area contributed by atoms with Crippen LogP contribution in [0.25, 0.3) is 0 Å². The summed E-state index contributed by atoms with van der Waals surface area (Å²) < 4.78 is 13.3. The van der Waals surface area contributed by atoms with Crippen molar-refractivity contribution in [3.63, 3.8) is 0 Å². The molecule has 172 valence electrons. The highest BCUT2D eigenvalue weighted by molar-refractivity contribution is 6.27. The molecule has 32 heavy (non-hydrogen) atoms. The van der Waals surface area contributed by atoms with E-state index in [0.29, 0.717) is 38.4 Å². The van der Waals surface area contributed by atoms with E-state index in [1.54, 1.807) is 26.8 Å². The number of anilines is 1. The van der Waals surface area contributed by atoms with Crippen LogP contribution in [0.2, 0.25) is 0 Å². The van der Waals surface area contributed by atoms with E-state index >= 15 is 0 Å². The third-order valence-corrected chi connectivity index (χ3v) is 4.95. The number of aliphatic carboxylic acids is 2. The number of rotatable bonds is 6. The molecule has 3 N–H and O–H groups in total. The fourth-order valence-electron chi connectivity index (χ4n) is 3.38. The van der Waals surface area contributed by atoms with Crippen LogP contribution >= 0.6 is 0 Å². The van der Waals surface area contributed by atoms with Gasteiger partial charge in [0.05, 0.1) is 12.6 Å². The Balaban J connectivity index is 0.000000534. The number of benzene rings is 1. The summed E-state index contributed by atoms with van der Waals surface area (Å²) in [6.45, 7) is 2.82. The van der Waals surface area contributed by atoms with Crippen molar-refractivity contribution in [2.45, 2.75) is 18.9 Å². The first kappa shape index (κ1) is 24.5. The molecule has 2 aliphatic rings. The SMILES string of the molecule is N#C[C@@H]1CCCN1C(=O)CNCCN1CCN(c2cccc(F)c2)C1=O.O=C(O)C(=O)O. The number of nitrogens with zero attached hydrogens (tertiary/aromatic N) is 4. The molecule has 0 spiro atoms. The summed E-state index contributed by atoms with van der Waals surface area (Å²) in [6.07, 6.45) is 1.60. The number of hydrogen-bond donors (Lipinski definition) is 3. The van der Waals surface area contributed by atoms with Gasteiger partial charge in [-0.05, 0) is 31.0 Å². The fourth-order valence-corrected chi connectivity index (χ4v) is 3.38. The van der Waals surface area contributed by atoms with Gasteiger partial charge in [-0.25, -0.2) is 18.8 Å². The number of hydrogen-bond acceptors (Lipinski definition) is 6. The highest BCUT2D eigenvalue weighted by atomic mass is 19.1. The minimum Gasteiger partial charge on any atom is -0.473 e. The molecule has 0 unspecified atom stereocenters. The zero-order valence-corrected chi connectivity index (χ0v) is 17.2. The van der Waals surface area contributed by atoms with Crippen LogP contribution < -0.4 is 10.2 Å². The highest BCUT2D eigenvalue weighted by Gasteiger charge is 2.30. The molecule has 0 bridgehead atoms. The maximum Gasteiger partial charge on any atom is 0.414 e. The smallest absolute Gasteiger partial charge is 0.414 e. The summed E-state index contributed by atoms with van der Waals surface area (Å²) in [7, 11) is 0. The van der Waals surface area contributed by atoms with E-state index in [4.69, 9.17) is 25.1 Å². The number of carbonyl (C=O) groups excluding carboxylic acids is 2. The van der Waals surface area contributed by atoms with Gasteiger partial charge < -0.3 is 25.3 Å². The Labute approximate surface area is 183 Å². The number of likely N-dealkylation sites (tertiary alicyclic amines) is 1. The molecule has 0 aliphatic carbocycles. The molecule has 1 aromatic rings. The third-order valence-electron chi connectivity index (χ3n) is 4.95. The first-order valence-electron chi connectivity index (χ1n) is 9.92. The van der Waals surface area contributed by atoms with E-state index in [-0.39, 0.29) is 30.3 Å². The molecule has 2 saturated heterocycles. The van der Waals surface area contributed by atoms with E-state index < -0.39 is 11.9 Å². The van der Waals surface area contributed by atoms with Crippen molar-refractivity contribution in [2.24, 2.45) is 0 Å². The molecule has 2 fully saturated rings. The summed E-state index contributed by atoms with van der Waals surface area (Å²) in [6, 6.07) is 7.67. The molecule has 12 heteroatoms. The molecule has 2 heterocycles. The van der Waals surface area contributed by atoms with Gasteiger partial charge in [0.25, 0.3) is 0 Å². The summed E-state index contributed by atoms with van der Waals surface area (Å²) in [5.41, 5.74) is 0.553. The predicted molar refractivity (Wildman–Crippen MR) is 109 cm³/mol. The first-order valence-corrected chi connectivity index (χ1v) is 9.92. The number of halogens is 1. The van der Waals surface area contributed by atoms with Crippen LogP contribution in [0.4, 0.5) is 14.9 Å². The lowest BCUT2D eigenvalue weighted by molar-refractivity contribution is -0.159. The number of nitriles is 1. The summed E-state index contributed by atoms with van der Waals surface area (Å²) in [5, 5.41) is 26.9. The van der Waals surface area contributed by atoms with Gasteiger partial charge in [-0.15, -0.1) is 0 Å². The minimum atomic E-state index is -1.82. The van der Waals surface area contributed by atoms with Crippen molar-refractivity contribution in [2.75, 3.05) is 44.2 Å². The molecular weight excluding hydrogens is 425 g/mol. The topological polar surface area (TPSA) is 154 Å². The van der Waals surface area contributed by atoms with Crippen LogP contribution in [0.1, 0.15) is 12.8 Å². The lowest BCUT2D eigenvalue weighted by atomic mass is 10.2. The fraction of sp³-hybridized carbons (Fsp3) is 0.450. The van der Waals surface area contributed by atoms with Crippen LogP contribution in [-0.2, 0) is 14.4 Å². The number of nitrogens with one attached hydrogen (secondary N) is 1. The first-order chi connectivity index (χ1) is 15.2. The largest absolute Gasteiger partial charge is 0.473 e. The van der Waals surface area contributed by atoms with Crippen LogP contribution in [0.15, 0.2) is 24.3 Å². The molecule has 3 amide bonds. The van der Waals surface area contributed by atoms with Gasteiger partial charge in [-0.1, -0.05) is 6.07 Å². The average molecular weight is 449 g/mol. The summed E-state index contributed by atoms with van der Waals surface area (Å²) in [5.74, 6) is -4.10. The third kappa shape index (κ3) is 6.64. The number of carboxylic acids is 2. The van der Waals surface area contributed by atoms with Crippen molar-refractivity contribution < 1.29 is 33.8 Å². The van der Waals surface area contributed by atoms with Crippen molar-refractivity contribution >= 4 is 29.6 Å². The van der Waals surface area contributed by atoms with Gasteiger partial charge in [0.1, 0.15) is 11.9 Å². The molecule has 0 radical (unpaired) electrons. The van der Waals surface area contributed by atoms with Crippen LogP contribution in [-0.4, -0.2) is 89.2 Å². The van der Waals surface area contributed by atoms with Crippen LogP contribution in [0, 0.1) is 17.1 Å². The molecule has 0 aromatic heterocycles. The van der Waals surface area contributed by atoms with Gasteiger partial charge >= 0.3 is 18.0 Å². The second-order valence-electron chi connectivity index (χ2n) is 7.06. The number of urea groups is 1. The zero-order valence-electron chi connectivity index (χ0n) is 17.2. The zero-order chi connectivity index (χ0) is 23.7. The van der Waals surface area contributed by atoms with E-state index in [2.05, 4.69) is 11.4 Å². The van der Waals surface area contributed by atoms with Crippen molar-refractivity contribution in [1.82, 2.24) is 15.1 Å². The Hall–Kier alpha value is -3.72. The van der Waals surface area contributed by atoms with E-state index in [9.17, 15) is 14.0 Å². The second-order valence-corrected chi connectivity index (χ2v) is 7.06. The predicted octanol–water partition coefficient (Wildman–Crippen LogP) is 0.327. The Morgan fingerprint density at radius 1 is 1.19 bits per heavy atom. The lowest BCUT2D eigenvalue weighted by Gasteiger charge is -2.21. The van der Waals surface area contributed by atoms with Crippen molar-refractivity contribution in [3.8, 4) is 6.07 Å². The Kier molecular flexibility index (Phi) is 8.91. The minimum absolute atomic E-state index is 0.0804. The molecule has 1 atom stereocenters. The normalized spacial score (nSPS) is 17.6. The van der Waals surface area contributed by atoms with E-state index in [1.807, 2.05) is 0 Å². The number of carboxylic acid groups (broad SMARTS) is 2. The van der Waals surface area contributed by atoms with Gasteiger partial charge in [0.15, 0.2) is 0 Å². The van der Waals surface area contributed by atoms with Crippen LogP contribution in [0.3, 0.4) is 0 Å². The van der Waals surface area contributed by atoms with Gasteiger partial charge in [0, 0.05) is 38.4 Å². The Morgan fingerprint density at radius 3 is 2.53 bits per heavy atom. The van der Waals surface area contributed by atoms with E-state index in [0.717, 1.165) is 12.8 Å². The molecular formula is C20H24FN5O6. The second kappa shape index (κ2) is 11.6. The maximum atomic E-state index is 13.3.